The molecule has 146 valence electrons. The van der Waals surface area contributed by atoms with Gasteiger partial charge in [0.1, 0.15) is 5.52 Å². The zero-order chi connectivity index (χ0) is 19.1. The molecule has 4 heterocycles. The first kappa shape index (κ1) is 18.1. The number of nitrogens with zero attached hydrogens (tertiary/aromatic N) is 3. The zero-order valence-electron chi connectivity index (χ0n) is 15.2. The van der Waals surface area contributed by atoms with Crippen LogP contribution in [0, 0.1) is 0 Å². The van der Waals surface area contributed by atoms with Gasteiger partial charge in [0.2, 0.25) is 6.79 Å². The summed E-state index contributed by atoms with van der Waals surface area (Å²) >= 11 is 5.23. The number of nitrogens with one attached hydrogen (secondary N) is 1. The lowest BCUT2D eigenvalue weighted by Crippen LogP contribution is -2.23. The van der Waals surface area contributed by atoms with Gasteiger partial charge in [-0.2, -0.15) is 0 Å². The maximum atomic E-state index is 6.10. The predicted molar refractivity (Wildman–Crippen MR) is 112 cm³/mol. The Morgan fingerprint density at radius 2 is 2.18 bits per heavy atom. The smallest absolute Gasteiger partial charge is 0.231 e. The third-order valence-corrected chi connectivity index (χ3v) is 7.12. The first-order chi connectivity index (χ1) is 13.7. The van der Waals surface area contributed by atoms with Crippen molar-refractivity contribution in [3.8, 4) is 11.5 Å². The van der Waals surface area contributed by atoms with Gasteiger partial charge in [-0.05, 0) is 59.9 Å². The molecule has 0 radical (unpaired) electrons. The van der Waals surface area contributed by atoms with E-state index in [1.165, 1.54) is 12.8 Å². The summed E-state index contributed by atoms with van der Waals surface area (Å²) in [6, 6.07) is 6.47. The summed E-state index contributed by atoms with van der Waals surface area (Å²) in [7, 11) is 0. The topological polar surface area (TPSA) is 87.2 Å². The van der Waals surface area contributed by atoms with Crippen molar-refractivity contribution in [2.45, 2.75) is 41.9 Å². The Labute approximate surface area is 175 Å². The van der Waals surface area contributed by atoms with Crippen LogP contribution in [0.25, 0.3) is 11.0 Å². The van der Waals surface area contributed by atoms with Gasteiger partial charge in [0.15, 0.2) is 22.5 Å². The second-order valence-electron chi connectivity index (χ2n) is 6.93. The SMILES string of the molecule is Nc1nccc2c1nc(Sc1cc3c(cc1Br)OCO3)n2CCC1CCCN1. The maximum absolute atomic E-state index is 6.10. The Kier molecular flexibility index (Phi) is 4.82. The van der Waals surface area contributed by atoms with Gasteiger partial charge < -0.3 is 25.1 Å². The van der Waals surface area contributed by atoms with Crippen LogP contribution >= 0.6 is 27.7 Å². The number of rotatable bonds is 5. The number of imidazole rings is 1. The number of halogens is 1. The Morgan fingerprint density at radius 3 is 3.00 bits per heavy atom. The number of pyridine rings is 1. The van der Waals surface area contributed by atoms with Crippen molar-refractivity contribution in [2.24, 2.45) is 0 Å². The third kappa shape index (κ3) is 3.31. The number of hydrogen-bond donors (Lipinski definition) is 2. The van der Waals surface area contributed by atoms with E-state index < -0.39 is 0 Å². The second-order valence-corrected chi connectivity index (χ2v) is 8.79. The molecular formula is C19H20BrN5O2S. The highest BCUT2D eigenvalue weighted by Gasteiger charge is 2.21. The van der Waals surface area contributed by atoms with E-state index in [1.54, 1.807) is 18.0 Å². The van der Waals surface area contributed by atoms with Crippen molar-refractivity contribution in [1.29, 1.82) is 0 Å². The predicted octanol–water partition coefficient (Wildman–Crippen LogP) is 3.80. The van der Waals surface area contributed by atoms with Gasteiger partial charge in [-0.3, -0.25) is 0 Å². The fraction of sp³-hybridized carbons (Fsp3) is 0.368. The minimum Gasteiger partial charge on any atom is -0.454 e. The number of hydrogen-bond acceptors (Lipinski definition) is 7. The minimum absolute atomic E-state index is 0.255. The molecule has 0 aliphatic carbocycles. The van der Waals surface area contributed by atoms with Crippen LogP contribution in [0.4, 0.5) is 5.82 Å². The lowest BCUT2D eigenvalue weighted by molar-refractivity contribution is 0.174. The van der Waals surface area contributed by atoms with Crippen molar-refractivity contribution in [1.82, 2.24) is 19.9 Å². The van der Waals surface area contributed by atoms with E-state index in [-0.39, 0.29) is 6.79 Å². The molecule has 1 aromatic carbocycles. The average molecular weight is 462 g/mol. The molecule has 3 aromatic rings. The molecule has 1 saturated heterocycles. The zero-order valence-corrected chi connectivity index (χ0v) is 17.6. The highest BCUT2D eigenvalue weighted by molar-refractivity contribution is 9.10. The van der Waals surface area contributed by atoms with E-state index >= 15 is 0 Å². The summed E-state index contributed by atoms with van der Waals surface area (Å²) in [4.78, 5) is 10.0. The van der Waals surface area contributed by atoms with Crippen LogP contribution < -0.4 is 20.5 Å². The molecule has 5 rings (SSSR count). The van der Waals surface area contributed by atoms with Crippen molar-refractivity contribution in [3.05, 3.63) is 28.9 Å². The van der Waals surface area contributed by atoms with E-state index in [0.29, 0.717) is 11.9 Å². The molecule has 2 aromatic heterocycles. The van der Waals surface area contributed by atoms with E-state index in [9.17, 15) is 0 Å². The maximum Gasteiger partial charge on any atom is 0.231 e. The van der Waals surface area contributed by atoms with Gasteiger partial charge in [0.25, 0.3) is 0 Å². The van der Waals surface area contributed by atoms with Crippen LogP contribution in [0.1, 0.15) is 19.3 Å². The van der Waals surface area contributed by atoms with Gasteiger partial charge >= 0.3 is 0 Å². The molecule has 2 aliphatic rings. The second kappa shape index (κ2) is 7.46. The van der Waals surface area contributed by atoms with Crippen LogP contribution in [0.15, 0.2) is 38.9 Å². The molecule has 0 bridgehead atoms. The highest BCUT2D eigenvalue weighted by atomic mass is 79.9. The normalized spacial score (nSPS) is 18.2. The molecule has 7 nitrogen and oxygen atoms in total. The Balaban J connectivity index is 1.51. The number of ether oxygens (including phenoxy) is 2. The number of nitrogens with two attached hydrogens (primary N) is 1. The summed E-state index contributed by atoms with van der Waals surface area (Å²) in [5.74, 6) is 1.97. The molecule has 3 N–H and O–H groups in total. The lowest BCUT2D eigenvalue weighted by atomic mass is 10.1. The standard InChI is InChI=1S/C19H20BrN5O2S/c20-12-8-14-15(27-10-26-14)9-16(12)28-19-24-17-13(3-6-23-18(17)21)25(19)7-4-11-2-1-5-22-11/h3,6,8-9,11,22H,1-2,4-5,7,10H2,(H2,21,23). The number of fused-ring (bicyclic) bond motifs is 2. The molecule has 28 heavy (non-hydrogen) atoms. The molecule has 2 aliphatic heterocycles. The summed E-state index contributed by atoms with van der Waals surface area (Å²) < 4.78 is 14.2. The third-order valence-electron chi connectivity index (χ3n) is 5.15. The van der Waals surface area contributed by atoms with Crippen LogP contribution in [-0.2, 0) is 6.54 Å². The quantitative estimate of drug-likeness (QED) is 0.597. The van der Waals surface area contributed by atoms with Crippen LogP contribution in [0.5, 0.6) is 11.5 Å². The Bertz CT molecular complexity index is 1030. The Hall–Kier alpha value is -1.97. The van der Waals surface area contributed by atoms with Crippen molar-refractivity contribution < 1.29 is 9.47 Å². The number of nitrogen functional groups attached to an aromatic ring is 1. The van der Waals surface area contributed by atoms with Crippen LogP contribution in [0.3, 0.4) is 0 Å². The van der Waals surface area contributed by atoms with Gasteiger partial charge in [-0.15, -0.1) is 0 Å². The van der Waals surface area contributed by atoms with E-state index in [0.717, 1.165) is 56.6 Å². The molecule has 1 unspecified atom stereocenters. The molecule has 1 atom stereocenters. The molecule has 1 fully saturated rings. The molecular weight excluding hydrogens is 442 g/mol. The summed E-state index contributed by atoms with van der Waals surface area (Å²) in [5.41, 5.74) is 7.87. The van der Waals surface area contributed by atoms with Gasteiger partial charge in [0.05, 0.1) is 5.52 Å². The highest BCUT2D eigenvalue weighted by Crippen LogP contribution is 2.43. The molecule has 0 saturated carbocycles. The summed E-state index contributed by atoms with van der Waals surface area (Å²) in [6.45, 7) is 2.24. The fourth-order valence-electron chi connectivity index (χ4n) is 3.71. The molecule has 0 amide bonds. The Morgan fingerprint density at radius 1 is 1.32 bits per heavy atom. The van der Waals surface area contributed by atoms with Crippen molar-refractivity contribution in [3.63, 3.8) is 0 Å². The van der Waals surface area contributed by atoms with Crippen LogP contribution in [0.2, 0.25) is 0 Å². The fourth-order valence-corrected chi connectivity index (χ4v) is 5.23. The van der Waals surface area contributed by atoms with Gasteiger partial charge in [0, 0.05) is 28.2 Å². The van der Waals surface area contributed by atoms with E-state index in [2.05, 4.69) is 30.8 Å². The number of aromatic nitrogens is 3. The monoisotopic (exact) mass is 461 g/mol. The van der Waals surface area contributed by atoms with Crippen LogP contribution in [-0.4, -0.2) is 33.9 Å². The van der Waals surface area contributed by atoms with Crippen molar-refractivity contribution >= 4 is 44.5 Å². The number of anilines is 1. The van der Waals surface area contributed by atoms with Crippen molar-refractivity contribution in [2.75, 3.05) is 19.1 Å². The van der Waals surface area contributed by atoms with E-state index in [4.69, 9.17) is 20.2 Å². The summed E-state index contributed by atoms with van der Waals surface area (Å²) in [6.07, 6.45) is 5.28. The minimum atomic E-state index is 0.255. The van der Waals surface area contributed by atoms with Gasteiger partial charge in [-0.25, -0.2) is 9.97 Å². The van der Waals surface area contributed by atoms with Gasteiger partial charge in [-0.1, -0.05) is 11.8 Å². The number of aryl methyl sites for hydroxylation is 1. The molecule has 9 heteroatoms. The first-order valence-electron chi connectivity index (χ1n) is 9.30. The lowest BCUT2D eigenvalue weighted by Gasteiger charge is -2.13. The van der Waals surface area contributed by atoms with E-state index in [1.807, 2.05) is 18.2 Å². The molecule has 0 spiro atoms. The summed E-state index contributed by atoms with van der Waals surface area (Å²) in [5, 5.41) is 4.47. The average Bonchev–Trinajstić information content (AvgIpc) is 3.41. The number of benzene rings is 1. The first-order valence-corrected chi connectivity index (χ1v) is 10.9. The largest absolute Gasteiger partial charge is 0.454 e.